The molecular weight excluding hydrogens is 797 g/mol. The fourth-order valence-electron chi connectivity index (χ4n) is 10.6. The first-order chi connectivity index (χ1) is 32.2. The van der Waals surface area contributed by atoms with Gasteiger partial charge < -0.3 is 9.15 Å². The van der Waals surface area contributed by atoms with E-state index in [1.54, 1.807) is 0 Å². The molecule has 3 aromatic heterocycles. The molecule has 1 aliphatic carbocycles. The maximum absolute atomic E-state index is 6.64. The van der Waals surface area contributed by atoms with E-state index < -0.39 is 5.41 Å². The van der Waals surface area contributed by atoms with E-state index in [0.717, 1.165) is 94.2 Å². The van der Waals surface area contributed by atoms with Crippen molar-refractivity contribution >= 4 is 43.6 Å². The van der Waals surface area contributed by atoms with Crippen LogP contribution in [0.25, 0.3) is 100 Å². The van der Waals surface area contributed by atoms with Crippen molar-refractivity contribution in [2.75, 3.05) is 0 Å². The van der Waals surface area contributed by atoms with E-state index in [4.69, 9.17) is 29.1 Å². The number of nitrogens with zero attached hydrogens (tertiary/aromatic N) is 4. The smallest absolute Gasteiger partial charge is 0.167 e. The lowest BCUT2D eigenvalue weighted by Gasteiger charge is -2.39. The van der Waals surface area contributed by atoms with E-state index in [1.807, 2.05) is 60.7 Å². The Labute approximate surface area is 373 Å². The van der Waals surface area contributed by atoms with Crippen molar-refractivity contribution in [2.45, 2.75) is 5.41 Å². The minimum absolute atomic E-state index is 0.539. The number of fused-ring (bicyclic) bond motifs is 15. The molecule has 6 nitrogen and oxygen atoms in total. The number of hydrogen-bond acceptors (Lipinski definition) is 6. The predicted octanol–water partition coefficient (Wildman–Crippen LogP) is 14.6. The molecule has 0 atom stereocenters. The summed E-state index contributed by atoms with van der Waals surface area (Å²) < 4.78 is 13.1. The van der Waals surface area contributed by atoms with Crippen LogP contribution in [0.1, 0.15) is 22.3 Å². The van der Waals surface area contributed by atoms with Crippen LogP contribution in [-0.2, 0) is 5.41 Å². The molecular formula is C59H34N4O2. The fourth-order valence-corrected chi connectivity index (χ4v) is 10.6. The van der Waals surface area contributed by atoms with E-state index in [0.29, 0.717) is 17.5 Å². The first-order valence-electron chi connectivity index (χ1n) is 21.9. The van der Waals surface area contributed by atoms with Crippen LogP contribution < -0.4 is 4.74 Å². The minimum atomic E-state index is -0.588. The van der Waals surface area contributed by atoms with Crippen LogP contribution in [0.15, 0.2) is 211 Å². The molecule has 302 valence electrons. The van der Waals surface area contributed by atoms with Crippen LogP contribution in [0.4, 0.5) is 0 Å². The van der Waals surface area contributed by atoms with E-state index in [2.05, 4.69) is 146 Å². The number of aromatic nitrogens is 4. The van der Waals surface area contributed by atoms with Crippen LogP contribution in [0.2, 0.25) is 0 Å². The number of hydrogen-bond donors (Lipinski definition) is 0. The third kappa shape index (κ3) is 5.16. The Morgan fingerprint density at radius 1 is 0.338 bits per heavy atom. The van der Waals surface area contributed by atoms with Crippen LogP contribution >= 0.6 is 0 Å². The monoisotopic (exact) mass is 830 g/mol. The average molecular weight is 831 g/mol. The highest BCUT2D eigenvalue weighted by molar-refractivity contribution is 6.14. The van der Waals surface area contributed by atoms with Crippen molar-refractivity contribution in [2.24, 2.45) is 0 Å². The van der Waals surface area contributed by atoms with Gasteiger partial charge in [0, 0.05) is 49.4 Å². The molecule has 1 spiro atoms. The van der Waals surface area contributed by atoms with Gasteiger partial charge in [0.25, 0.3) is 0 Å². The van der Waals surface area contributed by atoms with Gasteiger partial charge in [-0.2, -0.15) is 0 Å². The third-order valence-corrected chi connectivity index (χ3v) is 13.4. The molecule has 4 heterocycles. The summed E-state index contributed by atoms with van der Waals surface area (Å²) in [6.45, 7) is 0. The number of para-hydroxylation sites is 5. The summed E-state index contributed by atoms with van der Waals surface area (Å²) in [6.07, 6.45) is 0. The number of furan rings is 1. The zero-order valence-electron chi connectivity index (χ0n) is 34.7. The maximum Gasteiger partial charge on any atom is 0.167 e. The molecule has 14 rings (SSSR count). The number of benzene rings is 9. The summed E-state index contributed by atoms with van der Waals surface area (Å²) in [7, 11) is 0. The third-order valence-electron chi connectivity index (χ3n) is 13.4. The molecule has 0 bridgehead atoms. The van der Waals surface area contributed by atoms with Gasteiger partial charge in [-0.05, 0) is 76.2 Å². The quantitative estimate of drug-likeness (QED) is 0.165. The Hall–Kier alpha value is -8.74. The number of rotatable bonds is 4. The molecule has 0 saturated carbocycles. The molecule has 12 aromatic rings. The maximum atomic E-state index is 6.64. The van der Waals surface area contributed by atoms with E-state index >= 15 is 0 Å². The highest BCUT2D eigenvalue weighted by Crippen LogP contribution is 2.62. The summed E-state index contributed by atoms with van der Waals surface area (Å²) in [5.41, 5.74) is 13.4. The number of ether oxygens (including phenoxy) is 1. The predicted molar refractivity (Wildman–Crippen MR) is 259 cm³/mol. The van der Waals surface area contributed by atoms with Crippen molar-refractivity contribution in [1.82, 2.24) is 19.9 Å². The zero-order valence-corrected chi connectivity index (χ0v) is 34.7. The van der Waals surface area contributed by atoms with Crippen molar-refractivity contribution in [3.05, 3.63) is 229 Å². The molecule has 9 aromatic carbocycles. The molecule has 6 heteroatoms. The van der Waals surface area contributed by atoms with Crippen molar-refractivity contribution in [3.8, 4) is 68.0 Å². The Balaban J connectivity index is 1.00. The lowest BCUT2D eigenvalue weighted by molar-refractivity contribution is 0.436. The molecule has 2 aliphatic rings. The van der Waals surface area contributed by atoms with Gasteiger partial charge in [0.15, 0.2) is 17.5 Å². The topological polar surface area (TPSA) is 73.9 Å². The molecule has 65 heavy (non-hydrogen) atoms. The summed E-state index contributed by atoms with van der Waals surface area (Å²) in [4.78, 5) is 20.9. The lowest BCUT2D eigenvalue weighted by atomic mass is 9.66. The Bertz CT molecular complexity index is 3900. The fraction of sp³-hybridized carbons (Fsp3) is 0.0169. The van der Waals surface area contributed by atoms with Gasteiger partial charge in [-0.3, -0.25) is 0 Å². The Morgan fingerprint density at radius 2 is 0.938 bits per heavy atom. The first-order valence-corrected chi connectivity index (χ1v) is 21.9. The molecule has 0 saturated heterocycles. The number of pyridine rings is 1. The van der Waals surface area contributed by atoms with Gasteiger partial charge in [0.05, 0.1) is 22.2 Å². The van der Waals surface area contributed by atoms with Crippen LogP contribution in [0, 0.1) is 0 Å². The van der Waals surface area contributed by atoms with Gasteiger partial charge in [0.2, 0.25) is 0 Å². The Kier molecular flexibility index (Phi) is 7.51. The van der Waals surface area contributed by atoms with Gasteiger partial charge in [-0.25, -0.2) is 19.9 Å². The standard InChI is InChI=1S/C59H34N4O2/c1-2-16-35(17-3-1)56-61-57(63-58(62-56)42-24-15-23-41-40-22-6-11-29-51(40)65-55(41)42)37-19-14-18-36(32-37)54-45-33-44-38-20-4-7-25-46(38)59(49(44)34-43(45)39-21-5-10-28-50(39)60-54)47-26-8-12-30-52(47)64-53-31-13-9-27-48(53)59/h1-34H. The van der Waals surface area contributed by atoms with Crippen LogP contribution in [-0.4, -0.2) is 19.9 Å². The average Bonchev–Trinajstić information content (AvgIpc) is 3.89. The van der Waals surface area contributed by atoms with E-state index in [-0.39, 0.29) is 0 Å². The second-order valence-electron chi connectivity index (χ2n) is 16.8. The van der Waals surface area contributed by atoms with Gasteiger partial charge >= 0.3 is 0 Å². The van der Waals surface area contributed by atoms with Gasteiger partial charge in [0.1, 0.15) is 22.7 Å². The second-order valence-corrected chi connectivity index (χ2v) is 16.8. The summed E-state index contributed by atoms with van der Waals surface area (Å²) in [6, 6.07) is 72.0. The van der Waals surface area contributed by atoms with Crippen molar-refractivity contribution in [1.29, 1.82) is 0 Å². The Morgan fingerprint density at radius 3 is 1.77 bits per heavy atom. The molecule has 0 radical (unpaired) electrons. The largest absolute Gasteiger partial charge is 0.457 e. The normalized spacial score (nSPS) is 13.2. The summed E-state index contributed by atoms with van der Waals surface area (Å²) >= 11 is 0. The lowest BCUT2D eigenvalue weighted by Crippen LogP contribution is -2.32. The summed E-state index contributed by atoms with van der Waals surface area (Å²) in [5, 5.41) is 5.37. The van der Waals surface area contributed by atoms with Gasteiger partial charge in [-0.1, -0.05) is 158 Å². The second kappa shape index (κ2) is 13.6. The highest BCUT2D eigenvalue weighted by atomic mass is 16.5. The summed E-state index contributed by atoms with van der Waals surface area (Å²) in [5.74, 6) is 3.42. The zero-order chi connectivity index (χ0) is 42.6. The molecule has 1 aliphatic heterocycles. The molecule has 0 N–H and O–H groups in total. The molecule has 0 unspecified atom stereocenters. The van der Waals surface area contributed by atoms with E-state index in [9.17, 15) is 0 Å². The van der Waals surface area contributed by atoms with E-state index in [1.165, 1.54) is 22.3 Å². The highest BCUT2D eigenvalue weighted by Gasteiger charge is 2.51. The van der Waals surface area contributed by atoms with Gasteiger partial charge in [-0.15, -0.1) is 0 Å². The molecule has 0 fully saturated rings. The first kappa shape index (κ1) is 35.8. The minimum Gasteiger partial charge on any atom is -0.457 e. The SMILES string of the molecule is c1ccc(-c2nc(-c3cccc(-c4nc5ccccc5c5cc6c(cc45)-c4ccccc4C64c5ccccc5Oc5ccccc54)c3)nc(-c3cccc4c3oc3ccccc34)n2)cc1. The molecule has 0 amide bonds. The van der Waals surface area contributed by atoms with Crippen LogP contribution in [0.5, 0.6) is 11.5 Å². The van der Waals surface area contributed by atoms with Crippen LogP contribution in [0.3, 0.4) is 0 Å². The van der Waals surface area contributed by atoms with Crippen molar-refractivity contribution < 1.29 is 9.15 Å². The van der Waals surface area contributed by atoms with Crippen molar-refractivity contribution in [3.63, 3.8) is 0 Å².